The molecule has 0 radical (unpaired) electrons. The van der Waals surface area contributed by atoms with E-state index in [2.05, 4.69) is 11.4 Å². The van der Waals surface area contributed by atoms with Crippen LogP contribution in [0.4, 0.5) is 0 Å². The normalized spacial score (nSPS) is 11.2. The van der Waals surface area contributed by atoms with Crippen molar-refractivity contribution in [1.29, 1.82) is 0 Å². The molecule has 5 heteroatoms. The Morgan fingerprint density at radius 1 is 1.50 bits per heavy atom. The summed E-state index contributed by atoms with van der Waals surface area (Å²) >= 11 is 6.75. The minimum absolute atomic E-state index is 0.0449. The van der Waals surface area contributed by atoms with Gasteiger partial charge < -0.3 is 11.1 Å². The van der Waals surface area contributed by atoms with Gasteiger partial charge in [-0.15, -0.1) is 11.3 Å². The molecule has 1 rings (SSSR count). The van der Waals surface area contributed by atoms with Crippen molar-refractivity contribution in [2.75, 3.05) is 6.54 Å². The summed E-state index contributed by atoms with van der Waals surface area (Å²) in [4.78, 5) is 13.8. The molecule has 1 amide bonds. The van der Waals surface area contributed by atoms with E-state index in [4.69, 9.17) is 18.0 Å². The number of hydrogen-bond donors (Lipinski definition) is 2. The summed E-state index contributed by atoms with van der Waals surface area (Å²) in [5, 5.41) is 4.98. The number of hydrogen-bond acceptors (Lipinski definition) is 3. The summed E-state index contributed by atoms with van der Waals surface area (Å²) in [6, 6.07) is 4.08. The maximum absolute atomic E-state index is 12.2. The first-order chi connectivity index (χ1) is 8.56. The van der Waals surface area contributed by atoms with Crippen molar-refractivity contribution in [1.82, 2.24) is 5.32 Å². The molecule has 0 unspecified atom stereocenters. The highest BCUT2D eigenvalue weighted by molar-refractivity contribution is 7.80. The highest BCUT2D eigenvalue weighted by Gasteiger charge is 2.37. The maximum atomic E-state index is 12.2. The number of thiocarbonyl (C=S) groups is 1. The molecule has 1 aromatic heterocycles. The van der Waals surface area contributed by atoms with Gasteiger partial charge in [-0.25, -0.2) is 0 Å². The van der Waals surface area contributed by atoms with E-state index in [1.165, 1.54) is 4.88 Å². The molecule has 0 aromatic carbocycles. The van der Waals surface area contributed by atoms with Crippen LogP contribution in [0.25, 0.3) is 0 Å². The zero-order valence-electron chi connectivity index (χ0n) is 10.9. The van der Waals surface area contributed by atoms with E-state index >= 15 is 0 Å². The quantitative estimate of drug-likeness (QED) is 0.756. The van der Waals surface area contributed by atoms with Crippen LogP contribution in [0.3, 0.4) is 0 Å². The van der Waals surface area contributed by atoms with Gasteiger partial charge in [0.1, 0.15) is 0 Å². The predicted molar refractivity (Wildman–Crippen MR) is 80.8 cm³/mol. The minimum atomic E-state index is -0.690. The van der Waals surface area contributed by atoms with Gasteiger partial charge in [-0.2, -0.15) is 0 Å². The summed E-state index contributed by atoms with van der Waals surface area (Å²) in [6.07, 6.45) is 2.14. The van der Waals surface area contributed by atoms with E-state index in [1.54, 1.807) is 11.3 Å². The van der Waals surface area contributed by atoms with Crippen molar-refractivity contribution in [3.8, 4) is 0 Å². The van der Waals surface area contributed by atoms with Crippen LogP contribution in [0.5, 0.6) is 0 Å². The zero-order valence-corrected chi connectivity index (χ0v) is 12.5. The van der Waals surface area contributed by atoms with Crippen LogP contribution in [-0.2, 0) is 11.2 Å². The third-order valence-corrected chi connectivity index (χ3v) is 4.68. The Labute approximate surface area is 118 Å². The second kappa shape index (κ2) is 6.85. The maximum Gasteiger partial charge on any atom is 0.233 e. The van der Waals surface area contributed by atoms with Gasteiger partial charge in [0.05, 0.1) is 10.4 Å². The molecule has 18 heavy (non-hydrogen) atoms. The van der Waals surface area contributed by atoms with Crippen LogP contribution >= 0.6 is 23.6 Å². The van der Waals surface area contributed by atoms with E-state index in [9.17, 15) is 4.79 Å². The number of nitrogens with one attached hydrogen (secondary N) is 1. The number of amides is 1. The molecule has 100 valence electrons. The van der Waals surface area contributed by atoms with Gasteiger partial charge in [0.25, 0.3) is 0 Å². The average molecular weight is 284 g/mol. The fourth-order valence-corrected chi connectivity index (χ4v) is 3.05. The molecule has 0 bridgehead atoms. The third-order valence-electron chi connectivity index (χ3n) is 3.35. The molecule has 0 fully saturated rings. The van der Waals surface area contributed by atoms with Crippen LogP contribution < -0.4 is 11.1 Å². The Hall–Kier alpha value is -0.940. The fraction of sp³-hybridized carbons (Fsp3) is 0.538. The lowest BCUT2D eigenvalue weighted by Gasteiger charge is -2.28. The number of carbonyl (C=O) groups excluding carboxylic acids is 1. The van der Waals surface area contributed by atoms with Crippen molar-refractivity contribution in [2.45, 2.75) is 33.1 Å². The van der Waals surface area contributed by atoms with Gasteiger partial charge in [-0.05, 0) is 30.7 Å². The number of thiophene rings is 1. The van der Waals surface area contributed by atoms with Crippen molar-refractivity contribution in [3.63, 3.8) is 0 Å². The molecule has 3 N–H and O–H groups in total. The fourth-order valence-electron chi connectivity index (χ4n) is 1.95. The van der Waals surface area contributed by atoms with E-state index in [1.807, 2.05) is 25.3 Å². The SMILES string of the molecule is CCC(CC)(C(=O)NCCc1cccs1)C(N)=S. The van der Waals surface area contributed by atoms with Gasteiger partial charge in [0, 0.05) is 11.4 Å². The van der Waals surface area contributed by atoms with Gasteiger partial charge >= 0.3 is 0 Å². The molecular weight excluding hydrogens is 264 g/mol. The molecule has 0 spiro atoms. The van der Waals surface area contributed by atoms with Crippen LogP contribution in [0.15, 0.2) is 17.5 Å². The van der Waals surface area contributed by atoms with Crippen molar-refractivity contribution in [3.05, 3.63) is 22.4 Å². The Kier molecular flexibility index (Phi) is 5.75. The van der Waals surface area contributed by atoms with Crippen LogP contribution in [0.1, 0.15) is 31.6 Å². The second-order valence-electron chi connectivity index (χ2n) is 4.24. The Balaban J connectivity index is 2.55. The van der Waals surface area contributed by atoms with Gasteiger partial charge in [0.15, 0.2) is 0 Å². The molecular formula is C13H20N2OS2. The van der Waals surface area contributed by atoms with Gasteiger partial charge in [0.2, 0.25) is 5.91 Å². The molecule has 3 nitrogen and oxygen atoms in total. The van der Waals surface area contributed by atoms with Crippen molar-refractivity contribution >= 4 is 34.5 Å². The molecule has 0 aliphatic rings. The summed E-state index contributed by atoms with van der Waals surface area (Å²) in [6.45, 7) is 4.52. The van der Waals surface area contributed by atoms with E-state index < -0.39 is 5.41 Å². The molecule has 0 atom stereocenters. The summed E-state index contributed by atoms with van der Waals surface area (Å²) in [5.41, 5.74) is 5.04. The zero-order chi connectivity index (χ0) is 13.6. The second-order valence-corrected chi connectivity index (χ2v) is 5.71. The topological polar surface area (TPSA) is 55.1 Å². The number of carbonyl (C=O) groups is 1. The highest BCUT2D eigenvalue weighted by Crippen LogP contribution is 2.27. The predicted octanol–water partition coefficient (Wildman–Crippen LogP) is 2.50. The Morgan fingerprint density at radius 3 is 2.61 bits per heavy atom. The highest BCUT2D eigenvalue weighted by atomic mass is 32.1. The molecule has 1 heterocycles. The summed E-state index contributed by atoms with van der Waals surface area (Å²) in [5.74, 6) is -0.0449. The van der Waals surface area contributed by atoms with Crippen LogP contribution in [0, 0.1) is 5.41 Å². The Bertz CT molecular complexity index is 397. The number of nitrogens with two attached hydrogens (primary N) is 1. The average Bonchev–Trinajstić information content (AvgIpc) is 2.84. The van der Waals surface area contributed by atoms with Gasteiger partial charge in [-0.3, -0.25) is 4.79 Å². The first kappa shape index (κ1) is 15.1. The molecule has 1 aromatic rings. The van der Waals surface area contributed by atoms with Crippen molar-refractivity contribution in [2.24, 2.45) is 11.1 Å². The lowest BCUT2D eigenvalue weighted by molar-refractivity contribution is -0.127. The molecule has 0 aliphatic heterocycles. The van der Waals surface area contributed by atoms with E-state index in [-0.39, 0.29) is 5.91 Å². The smallest absolute Gasteiger partial charge is 0.233 e. The van der Waals surface area contributed by atoms with Crippen molar-refractivity contribution < 1.29 is 4.79 Å². The standard InChI is InChI=1S/C13H20N2OS2/c1-3-13(4-2,11(14)17)12(16)15-8-7-10-6-5-9-18-10/h5-6,9H,3-4,7-8H2,1-2H3,(H2,14,17)(H,15,16). The largest absolute Gasteiger partial charge is 0.392 e. The van der Waals surface area contributed by atoms with Crippen LogP contribution in [-0.4, -0.2) is 17.4 Å². The molecule has 0 aliphatic carbocycles. The number of rotatable bonds is 7. The molecule has 0 saturated heterocycles. The monoisotopic (exact) mass is 284 g/mol. The van der Waals surface area contributed by atoms with Gasteiger partial charge in [-0.1, -0.05) is 32.1 Å². The first-order valence-corrected chi connectivity index (χ1v) is 7.46. The minimum Gasteiger partial charge on any atom is -0.392 e. The lowest BCUT2D eigenvalue weighted by atomic mass is 9.81. The van der Waals surface area contributed by atoms with E-state index in [0.29, 0.717) is 24.4 Å². The van der Waals surface area contributed by atoms with Crippen LogP contribution in [0.2, 0.25) is 0 Å². The summed E-state index contributed by atoms with van der Waals surface area (Å²) in [7, 11) is 0. The lowest BCUT2D eigenvalue weighted by Crippen LogP contribution is -2.48. The molecule has 0 saturated carbocycles. The first-order valence-electron chi connectivity index (χ1n) is 6.17. The van der Waals surface area contributed by atoms with E-state index in [0.717, 1.165) is 6.42 Å². The Morgan fingerprint density at radius 2 is 2.17 bits per heavy atom. The summed E-state index contributed by atoms with van der Waals surface area (Å²) < 4.78 is 0. The third kappa shape index (κ3) is 3.29.